The number of anilines is 1. The van der Waals surface area contributed by atoms with E-state index < -0.39 is 18.0 Å². The van der Waals surface area contributed by atoms with Crippen LogP contribution in [-0.2, 0) is 14.3 Å². The van der Waals surface area contributed by atoms with E-state index in [1.165, 1.54) is 31.2 Å². The standard InChI is InChI=1S/C15H14Cl3NO3/c1-3-4-5-6-14(20)22-9(2)15(21)19-13-8-11(17)10(16)7-12(13)18/h3-9H,1-2H3,(H,19,21)/b4-3+,6-5+/t9-/m1/s1. The van der Waals surface area contributed by atoms with Crippen LogP contribution in [0.2, 0.25) is 15.1 Å². The highest BCUT2D eigenvalue weighted by Gasteiger charge is 2.18. The van der Waals surface area contributed by atoms with E-state index in [4.69, 9.17) is 39.5 Å². The van der Waals surface area contributed by atoms with Crippen molar-refractivity contribution in [3.8, 4) is 0 Å². The quantitative estimate of drug-likeness (QED) is 0.359. The van der Waals surface area contributed by atoms with E-state index in [9.17, 15) is 9.59 Å². The van der Waals surface area contributed by atoms with Crippen molar-refractivity contribution in [2.24, 2.45) is 0 Å². The number of hydrogen-bond donors (Lipinski definition) is 1. The molecule has 22 heavy (non-hydrogen) atoms. The van der Waals surface area contributed by atoms with E-state index >= 15 is 0 Å². The summed E-state index contributed by atoms with van der Waals surface area (Å²) in [5.74, 6) is -1.16. The molecular weight excluding hydrogens is 349 g/mol. The number of carbonyl (C=O) groups excluding carboxylic acids is 2. The smallest absolute Gasteiger partial charge is 0.331 e. The number of rotatable bonds is 5. The second-order valence-corrected chi connectivity index (χ2v) is 5.42. The van der Waals surface area contributed by atoms with E-state index in [1.54, 1.807) is 12.2 Å². The largest absolute Gasteiger partial charge is 0.449 e. The summed E-state index contributed by atoms with van der Waals surface area (Å²) in [6, 6.07) is 2.84. The van der Waals surface area contributed by atoms with Gasteiger partial charge in [0.2, 0.25) is 0 Å². The Morgan fingerprint density at radius 3 is 2.41 bits per heavy atom. The first-order valence-electron chi connectivity index (χ1n) is 6.30. The number of hydrogen-bond acceptors (Lipinski definition) is 3. The molecule has 0 unspecified atom stereocenters. The fourth-order valence-corrected chi connectivity index (χ4v) is 1.96. The van der Waals surface area contributed by atoms with Crippen LogP contribution in [-0.4, -0.2) is 18.0 Å². The van der Waals surface area contributed by atoms with Gasteiger partial charge < -0.3 is 10.1 Å². The molecular formula is C15H14Cl3NO3. The Balaban J connectivity index is 2.69. The van der Waals surface area contributed by atoms with Gasteiger partial charge in [-0.1, -0.05) is 53.0 Å². The van der Waals surface area contributed by atoms with Gasteiger partial charge in [-0.05, 0) is 26.0 Å². The lowest BCUT2D eigenvalue weighted by Crippen LogP contribution is -2.29. The normalized spacial score (nSPS) is 12.6. The summed E-state index contributed by atoms with van der Waals surface area (Å²) in [7, 11) is 0. The van der Waals surface area contributed by atoms with Crippen molar-refractivity contribution >= 4 is 52.4 Å². The second kappa shape index (κ2) is 8.83. The monoisotopic (exact) mass is 361 g/mol. The summed E-state index contributed by atoms with van der Waals surface area (Å²) in [6.45, 7) is 3.26. The Hall–Kier alpha value is -1.49. The number of halogens is 3. The first-order valence-corrected chi connectivity index (χ1v) is 7.44. The van der Waals surface area contributed by atoms with E-state index in [0.717, 1.165) is 0 Å². The minimum atomic E-state index is -0.992. The van der Waals surface area contributed by atoms with Crippen LogP contribution in [0.3, 0.4) is 0 Å². The number of carbonyl (C=O) groups is 2. The fraction of sp³-hybridized carbons (Fsp3) is 0.200. The van der Waals surface area contributed by atoms with Crippen LogP contribution in [0.15, 0.2) is 36.4 Å². The number of ether oxygens (including phenoxy) is 1. The summed E-state index contributed by atoms with van der Waals surface area (Å²) in [4.78, 5) is 23.4. The molecule has 0 saturated carbocycles. The van der Waals surface area contributed by atoms with Crippen LogP contribution >= 0.6 is 34.8 Å². The van der Waals surface area contributed by atoms with Crippen LogP contribution in [0.25, 0.3) is 0 Å². The first kappa shape index (κ1) is 18.6. The maximum absolute atomic E-state index is 12.0. The molecule has 0 aromatic heterocycles. The average Bonchev–Trinajstić information content (AvgIpc) is 2.44. The zero-order valence-corrected chi connectivity index (χ0v) is 14.2. The predicted molar refractivity (Wildman–Crippen MR) is 89.6 cm³/mol. The molecule has 0 radical (unpaired) electrons. The van der Waals surface area contributed by atoms with Gasteiger partial charge >= 0.3 is 5.97 Å². The van der Waals surface area contributed by atoms with E-state index in [0.29, 0.717) is 0 Å². The van der Waals surface area contributed by atoms with E-state index in [-0.39, 0.29) is 20.8 Å². The maximum Gasteiger partial charge on any atom is 0.331 e. The summed E-state index contributed by atoms with van der Waals surface area (Å²) in [5.41, 5.74) is 0.286. The molecule has 4 nitrogen and oxygen atoms in total. The van der Waals surface area contributed by atoms with Crippen LogP contribution in [0.1, 0.15) is 13.8 Å². The SMILES string of the molecule is C/C=C/C=C/C(=O)O[C@H](C)C(=O)Nc1cc(Cl)c(Cl)cc1Cl. The van der Waals surface area contributed by atoms with Gasteiger partial charge in [-0.2, -0.15) is 0 Å². The molecule has 0 fully saturated rings. The summed E-state index contributed by atoms with van der Waals surface area (Å²) in [5, 5.41) is 3.28. The molecule has 0 heterocycles. The molecule has 1 atom stereocenters. The topological polar surface area (TPSA) is 55.4 Å². The molecule has 1 N–H and O–H groups in total. The van der Waals surface area contributed by atoms with Gasteiger partial charge in [0.25, 0.3) is 5.91 Å². The Morgan fingerprint density at radius 2 is 1.77 bits per heavy atom. The highest BCUT2D eigenvalue weighted by molar-refractivity contribution is 6.44. The Morgan fingerprint density at radius 1 is 1.14 bits per heavy atom. The van der Waals surface area contributed by atoms with Crippen LogP contribution in [0.5, 0.6) is 0 Å². The molecule has 1 aromatic rings. The van der Waals surface area contributed by atoms with Gasteiger partial charge in [0, 0.05) is 6.08 Å². The first-order chi connectivity index (χ1) is 10.3. The third-order valence-electron chi connectivity index (χ3n) is 2.47. The van der Waals surface area contributed by atoms with Crippen LogP contribution in [0, 0.1) is 0 Å². The average molecular weight is 363 g/mol. The fourth-order valence-electron chi connectivity index (χ4n) is 1.36. The minimum Gasteiger partial charge on any atom is -0.449 e. The zero-order chi connectivity index (χ0) is 16.7. The summed E-state index contributed by atoms with van der Waals surface area (Å²) < 4.78 is 4.95. The predicted octanol–water partition coefficient (Wildman–Crippen LogP) is 4.65. The summed E-state index contributed by atoms with van der Waals surface area (Å²) in [6.07, 6.45) is 5.17. The van der Waals surface area contributed by atoms with Gasteiger partial charge in [0.1, 0.15) is 0 Å². The maximum atomic E-state index is 12.0. The van der Waals surface area contributed by atoms with Gasteiger partial charge in [0.05, 0.1) is 20.8 Å². The molecule has 0 spiro atoms. The highest BCUT2D eigenvalue weighted by atomic mass is 35.5. The van der Waals surface area contributed by atoms with Crippen molar-refractivity contribution in [1.29, 1.82) is 0 Å². The molecule has 0 bridgehead atoms. The molecule has 7 heteroatoms. The molecule has 0 aliphatic heterocycles. The van der Waals surface area contributed by atoms with Crippen LogP contribution in [0.4, 0.5) is 5.69 Å². The number of amides is 1. The molecule has 1 aromatic carbocycles. The molecule has 0 aliphatic carbocycles. The van der Waals surface area contributed by atoms with Gasteiger partial charge in [-0.15, -0.1) is 0 Å². The van der Waals surface area contributed by atoms with Crippen molar-refractivity contribution in [3.63, 3.8) is 0 Å². The number of allylic oxidation sites excluding steroid dienone is 3. The molecule has 0 aliphatic rings. The molecule has 0 saturated heterocycles. The van der Waals surface area contributed by atoms with Gasteiger partial charge in [-0.25, -0.2) is 4.79 Å². The van der Waals surface area contributed by atoms with Crippen LogP contribution < -0.4 is 5.32 Å². The molecule has 1 amide bonds. The zero-order valence-electron chi connectivity index (χ0n) is 11.9. The van der Waals surface area contributed by atoms with Crippen molar-refractivity contribution in [1.82, 2.24) is 0 Å². The Bertz CT molecular complexity index is 627. The lowest BCUT2D eigenvalue weighted by Gasteiger charge is -2.13. The Kier molecular flexibility index (Phi) is 7.45. The van der Waals surface area contributed by atoms with Crippen molar-refractivity contribution in [2.45, 2.75) is 20.0 Å². The van der Waals surface area contributed by atoms with Gasteiger partial charge in [-0.3, -0.25) is 4.79 Å². The lowest BCUT2D eigenvalue weighted by atomic mass is 10.3. The van der Waals surface area contributed by atoms with Crippen molar-refractivity contribution in [2.75, 3.05) is 5.32 Å². The summed E-state index contributed by atoms with van der Waals surface area (Å²) >= 11 is 17.6. The lowest BCUT2D eigenvalue weighted by molar-refractivity contribution is -0.148. The van der Waals surface area contributed by atoms with E-state index in [1.807, 2.05) is 6.92 Å². The minimum absolute atomic E-state index is 0.231. The van der Waals surface area contributed by atoms with Gasteiger partial charge in [0.15, 0.2) is 6.10 Å². The van der Waals surface area contributed by atoms with Crippen molar-refractivity contribution in [3.05, 3.63) is 51.5 Å². The Labute approximate surface area is 143 Å². The third-order valence-corrected chi connectivity index (χ3v) is 3.50. The highest BCUT2D eigenvalue weighted by Crippen LogP contribution is 2.32. The third kappa shape index (κ3) is 5.72. The molecule has 118 valence electrons. The number of esters is 1. The van der Waals surface area contributed by atoms with E-state index in [2.05, 4.69) is 5.32 Å². The number of nitrogens with one attached hydrogen (secondary N) is 1. The molecule has 1 rings (SSSR count). The number of benzene rings is 1. The van der Waals surface area contributed by atoms with Crippen molar-refractivity contribution < 1.29 is 14.3 Å². The second-order valence-electron chi connectivity index (χ2n) is 4.20.